The molecule has 1 nitrogen and oxygen atoms in total. The molecule has 94 valence electrons. The summed E-state index contributed by atoms with van der Waals surface area (Å²) in [6.45, 7) is 2.10. The summed E-state index contributed by atoms with van der Waals surface area (Å²) in [5.41, 5.74) is 2.53. The molecule has 2 aromatic carbocycles. The molecule has 0 spiro atoms. The first-order valence-electron chi connectivity index (χ1n) is 5.70. The van der Waals surface area contributed by atoms with Crippen molar-refractivity contribution in [1.82, 2.24) is 0 Å². The average molecular weight is 323 g/mol. The number of aryl methyl sites for hydroxylation is 1. The van der Waals surface area contributed by atoms with Crippen molar-refractivity contribution in [3.05, 3.63) is 53.6 Å². The van der Waals surface area contributed by atoms with E-state index in [1.54, 1.807) is 11.8 Å². The van der Waals surface area contributed by atoms with Crippen LogP contribution in [-0.2, 0) is 5.33 Å². The highest BCUT2D eigenvalue weighted by molar-refractivity contribution is 9.08. The Hall–Kier alpha value is -0.930. The fraction of sp³-hybridized carbons (Fsp3) is 0.200. The lowest BCUT2D eigenvalue weighted by molar-refractivity contribution is 0.481. The summed E-state index contributed by atoms with van der Waals surface area (Å²) in [5.74, 6) is 1.76. The molecule has 0 bridgehead atoms. The molecule has 0 saturated carbocycles. The summed E-state index contributed by atoms with van der Waals surface area (Å²) in [6.07, 6.45) is 2.07. The maximum atomic E-state index is 5.83. The minimum Gasteiger partial charge on any atom is -0.457 e. The smallest absolute Gasteiger partial charge is 0.127 e. The van der Waals surface area contributed by atoms with Gasteiger partial charge in [0.25, 0.3) is 0 Å². The van der Waals surface area contributed by atoms with Gasteiger partial charge in [-0.1, -0.05) is 22.0 Å². The molecule has 0 fully saturated rings. The Labute approximate surface area is 121 Å². The van der Waals surface area contributed by atoms with Crippen molar-refractivity contribution in [2.45, 2.75) is 17.1 Å². The molecule has 0 atom stereocenters. The Balaban J connectivity index is 2.15. The fourth-order valence-electron chi connectivity index (χ4n) is 1.66. The maximum Gasteiger partial charge on any atom is 0.127 e. The Morgan fingerprint density at radius 3 is 2.28 bits per heavy atom. The van der Waals surface area contributed by atoms with Crippen molar-refractivity contribution in [3.63, 3.8) is 0 Å². The van der Waals surface area contributed by atoms with Gasteiger partial charge in [0.15, 0.2) is 0 Å². The number of alkyl halides is 1. The van der Waals surface area contributed by atoms with E-state index in [9.17, 15) is 0 Å². The van der Waals surface area contributed by atoms with Crippen molar-refractivity contribution < 1.29 is 4.74 Å². The minimum absolute atomic E-state index is 0.874. The van der Waals surface area contributed by atoms with E-state index >= 15 is 0 Å². The molecular weight excluding hydrogens is 308 g/mol. The van der Waals surface area contributed by atoms with Gasteiger partial charge in [-0.3, -0.25) is 0 Å². The van der Waals surface area contributed by atoms with E-state index in [0.717, 1.165) is 16.8 Å². The van der Waals surface area contributed by atoms with Gasteiger partial charge < -0.3 is 4.74 Å². The Morgan fingerprint density at radius 2 is 1.72 bits per heavy atom. The molecule has 0 radical (unpaired) electrons. The van der Waals surface area contributed by atoms with Crippen molar-refractivity contribution in [2.24, 2.45) is 0 Å². The number of ether oxygens (including phenoxy) is 1. The van der Waals surface area contributed by atoms with Crippen LogP contribution >= 0.6 is 27.7 Å². The molecule has 0 N–H and O–H groups in total. The lowest BCUT2D eigenvalue weighted by atomic mass is 10.1. The number of rotatable bonds is 4. The highest BCUT2D eigenvalue weighted by Gasteiger charge is 2.01. The minimum atomic E-state index is 0.874. The zero-order valence-electron chi connectivity index (χ0n) is 10.4. The van der Waals surface area contributed by atoms with Crippen LogP contribution < -0.4 is 4.74 Å². The molecule has 0 aromatic heterocycles. The number of benzene rings is 2. The summed E-state index contributed by atoms with van der Waals surface area (Å²) >= 11 is 5.20. The van der Waals surface area contributed by atoms with E-state index in [1.807, 2.05) is 18.2 Å². The third-order valence-electron chi connectivity index (χ3n) is 2.75. The van der Waals surface area contributed by atoms with Crippen LogP contribution in [0, 0.1) is 6.92 Å². The molecule has 2 rings (SSSR count). The first kappa shape index (κ1) is 13.5. The van der Waals surface area contributed by atoms with Crippen LogP contribution in [0.3, 0.4) is 0 Å². The first-order valence-corrected chi connectivity index (χ1v) is 8.05. The molecule has 18 heavy (non-hydrogen) atoms. The molecule has 0 amide bonds. The molecule has 3 heteroatoms. The number of thioether (sulfide) groups is 1. The van der Waals surface area contributed by atoms with E-state index < -0.39 is 0 Å². The predicted molar refractivity (Wildman–Crippen MR) is 82.1 cm³/mol. The molecule has 2 aromatic rings. The quantitative estimate of drug-likeness (QED) is 0.550. The van der Waals surface area contributed by atoms with Crippen LogP contribution in [-0.4, -0.2) is 6.26 Å². The average Bonchev–Trinajstić information content (AvgIpc) is 2.40. The standard InChI is InChI=1S/C15H15BrOS/c1-11-9-14(4-3-12(11)10-16)17-13-5-7-15(18-2)8-6-13/h3-9H,10H2,1-2H3. The molecule has 0 aliphatic rings. The van der Waals surface area contributed by atoms with Crippen LogP contribution in [0.4, 0.5) is 0 Å². The van der Waals surface area contributed by atoms with Gasteiger partial charge in [0.05, 0.1) is 0 Å². The van der Waals surface area contributed by atoms with Crippen molar-refractivity contribution >= 4 is 27.7 Å². The second-order valence-corrected chi connectivity index (χ2v) is 5.44. The van der Waals surface area contributed by atoms with Gasteiger partial charge in [0.1, 0.15) is 11.5 Å². The molecule has 0 saturated heterocycles. The number of hydrogen-bond donors (Lipinski definition) is 0. The summed E-state index contributed by atoms with van der Waals surface area (Å²) in [4.78, 5) is 1.24. The van der Waals surface area contributed by atoms with Gasteiger partial charge in [-0.15, -0.1) is 11.8 Å². The van der Waals surface area contributed by atoms with E-state index in [0.29, 0.717) is 0 Å². The van der Waals surface area contributed by atoms with Gasteiger partial charge in [-0.25, -0.2) is 0 Å². The van der Waals surface area contributed by atoms with Crippen LogP contribution in [0.5, 0.6) is 11.5 Å². The normalized spacial score (nSPS) is 10.4. The first-order chi connectivity index (χ1) is 8.72. The van der Waals surface area contributed by atoms with Crippen molar-refractivity contribution in [3.8, 4) is 11.5 Å². The summed E-state index contributed by atoms with van der Waals surface area (Å²) in [6, 6.07) is 14.3. The molecule has 0 aliphatic carbocycles. The number of halogens is 1. The highest BCUT2D eigenvalue weighted by atomic mass is 79.9. The lowest BCUT2D eigenvalue weighted by Crippen LogP contribution is -1.88. The van der Waals surface area contributed by atoms with Gasteiger partial charge in [-0.2, -0.15) is 0 Å². The second-order valence-electron chi connectivity index (χ2n) is 4.00. The summed E-state index contributed by atoms with van der Waals surface area (Å²) in [5, 5.41) is 0.877. The zero-order chi connectivity index (χ0) is 13.0. The SMILES string of the molecule is CSc1ccc(Oc2ccc(CBr)c(C)c2)cc1. The largest absolute Gasteiger partial charge is 0.457 e. The van der Waals surface area contributed by atoms with Gasteiger partial charge in [0.2, 0.25) is 0 Å². The highest BCUT2D eigenvalue weighted by Crippen LogP contribution is 2.26. The van der Waals surface area contributed by atoms with Crippen LogP contribution in [0.1, 0.15) is 11.1 Å². The predicted octanol–water partition coefficient (Wildman–Crippen LogP) is 5.40. The second kappa shape index (κ2) is 6.30. The Kier molecular flexibility index (Phi) is 4.72. The summed E-state index contributed by atoms with van der Waals surface area (Å²) < 4.78 is 5.83. The lowest BCUT2D eigenvalue weighted by Gasteiger charge is -2.09. The van der Waals surface area contributed by atoms with Crippen LogP contribution in [0.15, 0.2) is 47.4 Å². The molecule has 0 aliphatic heterocycles. The van der Waals surface area contributed by atoms with Gasteiger partial charge in [-0.05, 0) is 60.7 Å². The summed E-state index contributed by atoms with van der Waals surface area (Å²) in [7, 11) is 0. The fourth-order valence-corrected chi connectivity index (χ4v) is 2.70. The Bertz CT molecular complexity index is 523. The van der Waals surface area contributed by atoms with E-state index in [4.69, 9.17) is 4.74 Å². The van der Waals surface area contributed by atoms with Gasteiger partial charge >= 0.3 is 0 Å². The van der Waals surface area contributed by atoms with Crippen LogP contribution in [0.2, 0.25) is 0 Å². The molecule has 0 heterocycles. The van der Waals surface area contributed by atoms with Gasteiger partial charge in [0, 0.05) is 10.2 Å². The zero-order valence-corrected chi connectivity index (χ0v) is 12.8. The topological polar surface area (TPSA) is 9.23 Å². The third-order valence-corrected chi connectivity index (χ3v) is 4.10. The van der Waals surface area contributed by atoms with E-state index in [2.05, 4.69) is 53.4 Å². The van der Waals surface area contributed by atoms with Crippen molar-refractivity contribution in [2.75, 3.05) is 6.26 Å². The monoisotopic (exact) mass is 322 g/mol. The van der Waals surface area contributed by atoms with Crippen LogP contribution in [0.25, 0.3) is 0 Å². The molecule has 0 unspecified atom stereocenters. The number of hydrogen-bond acceptors (Lipinski definition) is 2. The van der Waals surface area contributed by atoms with E-state index in [-0.39, 0.29) is 0 Å². The maximum absolute atomic E-state index is 5.83. The Morgan fingerprint density at radius 1 is 1.06 bits per heavy atom. The van der Waals surface area contributed by atoms with Crippen molar-refractivity contribution in [1.29, 1.82) is 0 Å². The molecular formula is C15H15BrOS. The van der Waals surface area contributed by atoms with E-state index in [1.165, 1.54) is 16.0 Å². The third kappa shape index (κ3) is 3.30.